The molecule has 27 heavy (non-hydrogen) atoms. The van der Waals surface area contributed by atoms with Crippen LogP contribution in [0.2, 0.25) is 5.02 Å². The van der Waals surface area contributed by atoms with Crippen molar-refractivity contribution in [2.75, 3.05) is 5.32 Å². The lowest BCUT2D eigenvalue weighted by Gasteiger charge is -2.12. The zero-order valence-corrected chi connectivity index (χ0v) is 15.3. The van der Waals surface area contributed by atoms with Crippen LogP contribution in [0.5, 0.6) is 11.5 Å². The van der Waals surface area contributed by atoms with Crippen LogP contribution < -0.4 is 10.1 Å². The number of aryl methyl sites for hydroxylation is 1. The number of pyridine rings is 1. The monoisotopic (exact) mass is 377 g/mol. The van der Waals surface area contributed by atoms with Gasteiger partial charge in [-0.05, 0) is 55.0 Å². The van der Waals surface area contributed by atoms with Crippen molar-refractivity contribution in [1.29, 1.82) is 0 Å². The molecule has 0 radical (unpaired) electrons. The highest BCUT2D eigenvalue weighted by atomic mass is 35.5. The molecule has 2 aromatic carbocycles. The van der Waals surface area contributed by atoms with Gasteiger partial charge in [-0.15, -0.1) is 0 Å². The molecular weight excluding hydrogens is 362 g/mol. The topological polar surface area (TPSA) is 55.6 Å². The summed E-state index contributed by atoms with van der Waals surface area (Å²) in [6.07, 6.45) is 3.56. The highest BCUT2D eigenvalue weighted by molar-refractivity contribution is 6.31. The fourth-order valence-corrected chi connectivity index (χ4v) is 2.86. The van der Waals surface area contributed by atoms with Gasteiger partial charge in [0.15, 0.2) is 5.75 Å². The second kappa shape index (κ2) is 7.13. The molecule has 0 aliphatic rings. The number of anilines is 1. The predicted molar refractivity (Wildman–Crippen MR) is 106 cm³/mol. The van der Waals surface area contributed by atoms with Crippen LogP contribution in [0.4, 0.5) is 5.69 Å². The van der Waals surface area contributed by atoms with Crippen molar-refractivity contribution in [1.82, 2.24) is 9.38 Å². The van der Waals surface area contributed by atoms with Crippen LogP contribution in [0.1, 0.15) is 16.1 Å². The summed E-state index contributed by atoms with van der Waals surface area (Å²) in [5.41, 5.74) is 2.58. The van der Waals surface area contributed by atoms with E-state index in [1.54, 1.807) is 28.8 Å². The molecule has 0 fully saturated rings. The van der Waals surface area contributed by atoms with E-state index >= 15 is 0 Å². The minimum absolute atomic E-state index is 0.311. The predicted octanol–water partition coefficient (Wildman–Crippen LogP) is 5.34. The minimum Gasteiger partial charge on any atom is -0.455 e. The summed E-state index contributed by atoms with van der Waals surface area (Å²) < 4.78 is 7.68. The van der Waals surface area contributed by atoms with Gasteiger partial charge in [0.2, 0.25) is 0 Å². The van der Waals surface area contributed by atoms with Crippen LogP contribution in [-0.4, -0.2) is 15.3 Å². The maximum atomic E-state index is 12.7. The van der Waals surface area contributed by atoms with Gasteiger partial charge >= 0.3 is 0 Å². The molecule has 0 unspecified atom stereocenters. The Kier molecular flexibility index (Phi) is 4.52. The number of amides is 1. The van der Waals surface area contributed by atoms with E-state index in [0.29, 0.717) is 33.6 Å². The van der Waals surface area contributed by atoms with Crippen molar-refractivity contribution < 1.29 is 9.53 Å². The van der Waals surface area contributed by atoms with Gasteiger partial charge in [0.1, 0.15) is 17.1 Å². The number of aromatic nitrogens is 2. The Morgan fingerprint density at radius 3 is 2.74 bits per heavy atom. The molecule has 1 N–H and O–H groups in total. The molecule has 6 heteroatoms. The zero-order chi connectivity index (χ0) is 18.8. The van der Waals surface area contributed by atoms with Gasteiger partial charge in [-0.1, -0.05) is 29.8 Å². The number of fused-ring (bicyclic) bond motifs is 1. The summed E-state index contributed by atoms with van der Waals surface area (Å²) in [5.74, 6) is 0.827. The van der Waals surface area contributed by atoms with Crippen molar-refractivity contribution in [3.8, 4) is 11.5 Å². The summed E-state index contributed by atoms with van der Waals surface area (Å²) in [5, 5.41) is 3.34. The fraction of sp³-hybridized carbons (Fsp3) is 0.0476. The summed E-state index contributed by atoms with van der Waals surface area (Å²) in [7, 11) is 0. The van der Waals surface area contributed by atoms with E-state index < -0.39 is 0 Å². The standard InChI is InChI=1S/C21H16ClN3O2/c1-14-9-10-25-13-18(23-20(25)11-14)21(26)24-17-12-15(22)7-8-19(17)27-16-5-3-2-4-6-16/h2-13H,1H3,(H,24,26). The van der Waals surface area contributed by atoms with Crippen molar-refractivity contribution in [2.45, 2.75) is 6.92 Å². The normalized spacial score (nSPS) is 10.7. The van der Waals surface area contributed by atoms with E-state index in [-0.39, 0.29) is 5.91 Å². The number of hydrogen-bond donors (Lipinski definition) is 1. The molecule has 134 valence electrons. The Morgan fingerprint density at radius 1 is 1.11 bits per heavy atom. The number of nitrogens with one attached hydrogen (secondary N) is 1. The highest BCUT2D eigenvalue weighted by Gasteiger charge is 2.14. The fourth-order valence-electron chi connectivity index (χ4n) is 2.68. The Hall–Kier alpha value is -3.31. The first-order chi connectivity index (χ1) is 13.1. The second-order valence-electron chi connectivity index (χ2n) is 6.11. The van der Waals surface area contributed by atoms with E-state index in [0.717, 1.165) is 5.56 Å². The smallest absolute Gasteiger partial charge is 0.275 e. The van der Waals surface area contributed by atoms with Crippen LogP contribution >= 0.6 is 11.6 Å². The molecule has 2 aromatic heterocycles. The van der Waals surface area contributed by atoms with Gasteiger partial charge in [0.05, 0.1) is 5.69 Å². The van der Waals surface area contributed by atoms with Crippen molar-refractivity contribution in [3.63, 3.8) is 0 Å². The number of hydrogen-bond acceptors (Lipinski definition) is 3. The van der Waals surface area contributed by atoms with Crippen LogP contribution in [0.15, 0.2) is 73.1 Å². The van der Waals surface area contributed by atoms with E-state index in [2.05, 4.69) is 10.3 Å². The quantitative estimate of drug-likeness (QED) is 0.522. The first kappa shape index (κ1) is 17.1. The Balaban J connectivity index is 1.62. The van der Waals surface area contributed by atoms with E-state index in [1.165, 1.54) is 0 Å². The van der Waals surface area contributed by atoms with E-state index in [4.69, 9.17) is 16.3 Å². The molecule has 2 heterocycles. The number of carbonyl (C=O) groups is 1. The minimum atomic E-state index is -0.337. The van der Waals surface area contributed by atoms with E-state index in [1.807, 2.05) is 55.6 Å². The second-order valence-corrected chi connectivity index (χ2v) is 6.54. The van der Waals surface area contributed by atoms with Gasteiger partial charge < -0.3 is 14.5 Å². The molecule has 4 aromatic rings. The first-order valence-electron chi connectivity index (χ1n) is 8.38. The molecule has 0 spiro atoms. The number of para-hydroxylation sites is 1. The third-order valence-electron chi connectivity index (χ3n) is 4.01. The maximum absolute atomic E-state index is 12.7. The zero-order valence-electron chi connectivity index (χ0n) is 14.5. The summed E-state index contributed by atoms with van der Waals surface area (Å²) in [6, 6.07) is 18.3. The molecule has 4 rings (SSSR count). The average Bonchev–Trinajstić information content (AvgIpc) is 3.08. The molecule has 0 bridgehead atoms. The van der Waals surface area contributed by atoms with Gasteiger partial charge in [-0.3, -0.25) is 4.79 Å². The molecule has 1 amide bonds. The molecular formula is C21H16ClN3O2. The molecule has 5 nitrogen and oxygen atoms in total. The van der Waals surface area contributed by atoms with E-state index in [9.17, 15) is 4.79 Å². The van der Waals surface area contributed by atoms with Gasteiger partial charge in [-0.2, -0.15) is 0 Å². The van der Waals surface area contributed by atoms with Gasteiger partial charge in [-0.25, -0.2) is 4.98 Å². The van der Waals surface area contributed by atoms with Crippen LogP contribution in [0.3, 0.4) is 0 Å². The lowest BCUT2D eigenvalue weighted by Crippen LogP contribution is -2.13. The van der Waals surface area contributed by atoms with Gasteiger partial charge in [0.25, 0.3) is 5.91 Å². The number of ether oxygens (including phenoxy) is 1. The number of carbonyl (C=O) groups excluding carboxylic acids is 1. The first-order valence-corrected chi connectivity index (χ1v) is 8.75. The van der Waals surface area contributed by atoms with Crippen LogP contribution in [0, 0.1) is 6.92 Å². The largest absolute Gasteiger partial charge is 0.455 e. The number of halogens is 1. The van der Waals surface area contributed by atoms with Crippen LogP contribution in [-0.2, 0) is 0 Å². The lowest BCUT2D eigenvalue weighted by molar-refractivity contribution is 0.102. The SMILES string of the molecule is Cc1ccn2cc(C(=O)Nc3cc(Cl)ccc3Oc3ccccc3)nc2c1. The Labute approximate surface area is 161 Å². The average molecular weight is 378 g/mol. The van der Waals surface area contributed by atoms with Crippen molar-refractivity contribution in [2.24, 2.45) is 0 Å². The number of rotatable bonds is 4. The Morgan fingerprint density at radius 2 is 1.93 bits per heavy atom. The summed E-state index contributed by atoms with van der Waals surface area (Å²) in [6.45, 7) is 1.98. The van der Waals surface area contributed by atoms with Gasteiger partial charge in [0, 0.05) is 17.4 Å². The molecule has 0 aliphatic carbocycles. The number of benzene rings is 2. The van der Waals surface area contributed by atoms with Crippen molar-refractivity contribution in [3.05, 3.63) is 89.3 Å². The Bertz CT molecular complexity index is 1120. The molecule has 0 saturated carbocycles. The molecule has 0 saturated heterocycles. The lowest BCUT2D eigenvalue weighted by atomic mass is 10.2. The highest BCUT2D eigenvalue weighted by Crippen LogP contribution is 2.32. The van der Waals surface area contributed by atoms with Crippen molar-refractivity contribution >= 4 is 28.8 Å². The number of nitrogens with zero attached hydrogens (tertiary/aromatic N) is 2. The third kappa shape index (κ3) is 3.78. The molecule has 0 atom stereocenters. The summed E-state index contributed by atoms with van der Waals surface area (Å²) in [4.78, 5) is 17.1. The maximum Gasteiger partial charge on any atom is 0.275 e. The third-order valence-corrected chi connectivity index (χ3v) is 4.24. The molecule has 0 aliphatic heterocycles. The number of imidazole rings is 1. The summed E-state index contributed by atoms with van der Waals surface area (Å²) >= 11 is 6.10. The van der Waals surface area contributed by atoms with Crippen LogP contribution in [0.25, 0.3) is 5.65 Å².